The Morgan fingerprint density at radius 2 is 0.671 bits per heavy atom. The Labute approximate surface area is 527 Å². The monoisotopic (exact) mass is 1200 g/mol. The molecule has 14 heteroatoms. The first-order chi connectivity index (χ1) is 37.4. The van der Waals surface area contributed by atoms with E-state index in [0.717, 1.165) is 129 Å². The SMILES string of the molecule is C.CC(C)(C)C(=O)N1CCC(C(C)(C)C)CC1.CC(C)(C)C(=O)N1CCN(C(C)(C)C)CC1.CC(C)(C)NC1CCN(C(=O)C(C)(C)C)CC1.CN(C(=O)C(C)(C)C)C1CCN(C(C)(C)C)C1.CN(C1CCN(C(=O)C(C)(C)C)CC1)C(C)(C)C. The highest BCUT2D eigenvalue weighted by Gasteiger charge is 2.39. The Kier molecular flexibility index (Phi) is 30.7. The van der Waals surface area contributed by atoms with Crippen LogP contribution in [-0.4, -0.2) is 202 Å². The van der Waals surface area contributed by atoms with Gasteiger partial charge in [0.2, 0.25) is 29.5 Å². The van der Waals surface area contributed by atoms with E-state index in [0.29, 0.717) is 35.4 Å². The van der Waals surface area contributed by atoms with Gasteiger partial charge < -0.3 is 29.8 Å². The zero-order valence-corrected chi connectivity index (χ0v) is 61.4. The Balaban J connectivity index is 0.00000104. The van der Waals surface area contributed by atoms with Crippen molar-refractivity contribution in [3.63, 3.8) is 0 Å². The summed E-state index contributed by atoms with van der Waals surface area (Å²) in [4.78, 5) is 78.1. The smallest absolute Gasteiger partial charge is 0.228 e. The van der Waals surface area contributed by atoms with Gasteiger partial charge in [-0.2, -0.15) is 0 Å². The summed E-state index contributed by atoms with van der Waals surface area (Å²) < 4.78 is 0. The van der Waals surface area contributed by atoms with Crippen LogP contribution in [0.3, 0.4) is 0 Å². The lowest BCUT2D eigenvalue weighted by Crippen LogP contribution is -2.56. The van der Waals surface area contributed by atoms with Crippen molar-refractivity contribution in [1.29, 1.82) is 0 Å². The molecule has 0 saturated carbocycles. The normalized spacial score (nSPS) is 20.1. The van der Waals surface area contributed by atoms with Crippen LogP contribution in [0.5, 0.6) is 0 Å². The van der Waals surface area contributed by atoms with Crippen molar-refractivity contribution in [2.24, 2.45) is 38.4 Å². The number of likely N-dealkylation sites (N-methyl/N-ethyl adjacent to an activating group) is 1. The van der Waals surface area contributed by atoms with Crippen molar-refractivity contribution in [2.75, 3.05) is 92.6 Å². The van der Waals surface area contributed by atoms with Crippen LogP contribution < -0.4 is 5.32 Å². The summed E-state index contributed by atoms with van der Waals surface area (Å²) in [5.74, 6) is 2.17. The Hall–Kier alpha value is -2.81. The summed E-state index contributed by atoms with van der Waals surface area (Å²) >= 11 is 0. The van der Waals surface area contributed by atoms with Gasteiger partial charge in [-0.25, -0.2) is 0 Å². The molecule has 0 aromatic rings. The number of piperidine rings is 3. The summed E-state index contributed by atoms with van der Waals surface area (Å²) in [6.07, 6.45) is 7.73. The van der Waals surface area contributed by atoms with Crippen LogP contribution >= 0.6 is 0 Å². The molecule has 1 N–H and O–H groups in total. The molecule has 0 aromatic carbocycles. The van der Waals surface area contributed by atoms with Crippen LogP contribution in [0.15, 0.2) is 0 Å². The second-order valence-electron chi connectivity index (χ2n) is 35.9. The number of hydrogen-bond acceptors (Lipinski definition) is 9. The van der Waals surface area contributed by atoms with Gasteiger partial charge in [-0.05, 0) is 146 Å². The Morgan fingerprint density at radius 1 is 0.365 bits per heavy atom. The van der Waals surface area contributed by atoms with E-state index < -0.39 is 0 Å². The molecule has 5 amide bonds. The van der Waals surface area contributed by atoms with Crippen LogP contribution in [0, 0.1) is 38.4 Å². The topological polar surface area (TPSA) is 123 Å². The third-order valence-electron chi connectivity index (χ3n) is 17.5. The van der Waals surface area contributed by atoms with Crippen LogP contribution in [0.4, 0.5) is 0 Å². The third-order valence-corrected chi connectivity index (χ3v) is 17.5. The Morgan fingerprint density at radius 3 is 0.941 bits per heavy atom. The lowest BCUT2D eigenvalue weighted by Gasteiger charge is -2.44. The molecule has 0 bridgehead atoms. The van der Waals surface area contributed by atoms with Crippen molar-refractivity contribution in [2.45, 2.75) is 300 Å². The maximum atomic E-state index is 12.2. The fourth-order valence-corrected chi connectivity index (χ4v) is 11.6. The number of rotatable bonds is 3. The fourth-order valence-electron chi connectivity index (χ4n) is 11.6. The molecule has 85 heavy (non-hydrogen) atoms. The Bertz CT molecular complexity index is 1960. The molecule has 1 unspecified atom stereocenters. The van der Waals surface area contributed by atoms with E-state index in [1.807, 2.05) is 135 Å². The first kappa shape index (κ1) is 82.2. The maximum absolute atomic E-state index is 12.2. The minimum atomic E-state index is -0.274. The summed E-state index contributed by atoms with van der Waals surface area (Å²) in [7, 11) is 4.15. The number of nitrogens with one attached hydrogen (secondary N) is 1. The van der Waals surface area contributed by atoms with Crippen LogP contribution in [-0.2, 0) is 24.0 Å². The van der Waals surface area contributed by atoms with Gasteiger partial charge in [0, 0.05) is 153 Å². The highest BCUT2D eigenvalue weighted by atomic mass is 16.2. The molecule has 5 aliphatic heterocycles. The molecule has 5 fully saturated rings. The first-order valence-corrected chi connectivity index (χ1v) is 32.9. The van der Waals surface area contributed by atoms with Gasteiger partial charge in [0.05, 0.1) is 0 Å². The molecule has 0 aliphatic carbocycles. The molecule has 0 spiro atoms. The molecule has 5 heterocycles. The van der Waals surface area contributed by atoms with Gasteiger partial charge in [0.1, 0.15) is 0 Å². The second kappa shape index (κ2) is 31.8. The second-order valence-corrected chi connectivity index (χ2v) is 35.9. The van der Waals surface area contributed by atoms with E-state index in [1.165, 1.54) is 0 Å². The van der Waals surface area contributed by atoms with Crippen molar-refractivity contribution < 1.29 is 24.0 Å². The van der Waals surface area contributed by atoms with E-state index in [9.17, 15) is 24.0 Å². The minimum absolute atomic E-state index is 0. The highest BCUT2D eigenvalue weighted by molar-refractivity contribution is 5.83. The zero-order chi connectivity index (χ0) is 66.0. The molecule has 5 saturated heterocycles. The third kappa shape index (κ3) is 28.7. The molecule has 1 atom stereocenters. The summed E-state index contributed by atoms with van der Waals surface area (Å²) in [6.45, 7) is 74.9. The number of amides is 5. The molecule has 0 aromatic heterocycles. The van der Waals surface area contributed by atoms with E-state index in [-0.39, 0.29) is 74.4 Å². The average Bonchev–Trinajstić information content (AvgIpc) is 3.84. The number of likely N-dealkylation sites (tertiary alicyclic amines) is 4. The largest absolute Gasteiger partial charge is 0.342 e. The molecular formula is C71H143N9O5. The molecule has 14 nitrogen and oxygen atoms in total. The van der Waals surface area contributed by atoms with Gasteiger partial charge in [-0.15, -0.1) is 0 Å². The van der Waals surface area contributed by atoms with E-state index in [2.05, 4.69) is 131 Å². The maximum Gasteiger partial charge on any atom is 0.228 e. The van der Waals surface area contributed by atoms with Crippen molar-refractivity contribution in [3.05, 3.63) is 0 Å². The van der Waals surface area contributed by atoms with Gasteiger partial charge in [0.15, 0.2) is 0 Å². The predicted octanol–water partition coefficient (Wildman–Crippen LogP) is 13.5. The molecule has 502 valence electrons. The summed E-state index contributed by atoms with van der Waals surface area (Å²) in [5, 5.41) is 3.62. The minimum Gasteiger partial charge on any atom is -0.342 e. The quantitative estimate of drug-likeness (QED) is 0.294. The van der Waals surface area contributed by atoms with Crippen LogP contribution in [0.2, 0.25) is 0 Å². The lowest BCUT2D eigenvalue weighted by molar-refractivity contribution is -0.142. The first-order valence-electron chi connectivity index (χ1n) is 32.9. The van der Waals surface area contributed by atoms with Gasteiger partial charge in [-0.3, -0.25) is 38.7 Å². The highest BCUT2D eigenvalue weighted by Crippen LogP contribution is 2.36. The van der Waals surface area contributed by atoms with Crippen LogP contribution in [0.1, 0.15) is 260 Å². The van der Waals surface area contributed by atoms with Gasteiger partial charge in [0.25, 0.3) is 0 Å². The summed E-state index contributed by atoms with van der Waals surface area (Å²) in [5.41, 5.74) is -0.0503. The molecular weight excluding hydrogens is 1060 g/mol. The molecule has 5 rings (SSSR count). The summed E-state index contributed by atoms with van der Waals surface area (Å²) in [6, 6.07) is 1.54. The van der Waals surface area contributed by atoms with Crippen molar-refractivity contribution in [3.8, 4) is 0 Å². The van der Waals surface area contributed by atoms with Gasteiger partial charge in [-0.1, -0.05) is 132 Å². The number of piperazine rings is 1. The van der Waals surface area contributed by atoms with Gasteiger partial charge >= 0.3 is 0 Å². The standard InChI is InChI=1S/C15H30N2O.2C14H28N2O.C14H27NO.C13H26N2O.CH4/c1-14(2,3)13(18)17-10-8-12(9-11-17)16(7)15(4,5)6;1-13(2,3)12(17)15(7)11-8-9-16(10-11)14(4,5)6;1-13(2,3)12(17)16-9-7-11(8-10-16)15-14(4,5)6;1-13(2,3)11-7-9-15(10-8-11)12(16)14(4,5)6;1-12(2,3)11(16)14-7-9-15(10-8-14)13(4,5)6;/h12H,8-11H2,1-7H3;11H,8-10H2,1-7H3;11,15H,7-10H2,1-6H3;11H,7-10H2,1-6H3;7-10H2,1-6H3;1H4. The fraction of sp³-hybridized carbons (Fsp3) is 0.930. The number of carbonyl (C=O) groups excluding carboxylic acids is 5. The van der Waals surface area contributed by atoms with Crippen molar-refractivity contribution >= 4 is 29.5 Å². The van der Waals surface area contributed by atoms with E-state index in [1.54, 1.807) is 0 Å². The number of hydrogen-bond donors (Lipinski definition) is 1. The lowest BCUT2D eigenvalue weighted by atomic mass is 9.75. The van der Waals surface area contributed by atoms with Crippen molar-refractivity contribution in [1.82, 2.24) is 44.5 Å². The molecule has 0 radical (unpaired) electrons. The average molecular weight is 1200 g/mol. The molecule has 5 aliphatic rings. The number of nitrogens with zero attached hydrogens (tertiary/aromatic N) is 8. The van der Waals surface area contributed by atoms with E-state index in [4.69, 9.17) is 0 Å². The van der Waals surface area contributed by atoms with Crippen LogP contribution in [0.25, 0.3) is 0 Å². The van der Waals surface area contributed by atoms with E-state index >= 15 is 0 Å². The number of carbonyl (C=O) groups is 5. The predicted molar refractivity (Wildman–Crippen MR) is 363 cm³/mol. The zero-order valence-electron chi connectivity index (χ0n) is 61.4.